The van der Waals surface area contributed by atoms with Crippen LogP contribution in [0.1, 0.15) is 48.6 Å². The molecule has 0 spiro atoms. The lowest BCUT2D eigenvalue weighted by molar-refractivity contribution is 0.549. The fourth-order valence-electron chi connectivity index (χ4n) is 5.04. The Hall–Kier alpha value is -2.41. The second-order valence-corrected chi connectivity index (χ2v) is 7.71. The molecule has 0 fully saturated rings. The van der Waals surface area contributed by atoms with Crippen molar-refractivity contribution in [3.8, 4) is 11.1 Å². The van der Waals surface area contributed by atoms with Crippen LogP contribution in [-0.2, 0) is 10.8 Å². The molecule has 1 heteroatoms. The number of benzene rings is 3. The van der Waals surface area contributed by atoms with Crippen LogP contribution >= 0.6 is 0 Å². The first-order valence-electron chi connectivity index (χ1n) is 8.50. The number of hydrogen-bond donors (Lipinski definition) is 0. The van der Waals surface area contributed by atoms with Crippen LogP contribution in [0.2, 0.25) is 0 Å². The summed E-state index contributed by atoms with van der Waals surface area (Å²) in [5, 5.41) is 0. The topological polar surface area (TPSA) is 0 Å². The van der Waals surface area contributed by atoms with E-state index in [-0.39, 0.29) is 16.6 Å². The van der Waals surface area contributed by atoms with Crippen molar-refractivity contribution in [1.29, 1.82) is 0 Å². The van der Waals surface area contributed by atoms with Gasteiger partial charge in [-0.25, -0.2) is 4.39 Å². The molecule has 24 heavy (non-hydrogen) atoms. The Morgan fingerprint density at radius 1 is 0.667 bits per heavy atom. The molecule has 0 saturated carbocycles. The van der Waals surface area contributed by atoms with Crippen molar-refractivity contribution in [3.63, 3.8) is 0 Å². The van der Waals surface area contributed by atoms with Gasteiger partial charge in [-0.05, 0) is 58.0 Å². The lowest BCUT2D eigenvalue weighted by atomic mass is 9.59. The highest BCUT2D eigenvalue weighted by Gasteiger charge is 2.50. The first-order valence-corrected chi connectivity index (χ1v) is 8.50. The zero-order chi connectivity index (χ0) is 16.7. The highest BCUT2D eigenvalue weighted by molar-refractivity contribution is 5.87. The zero-order valence-corrected chi connectivity index (χ0v) is 14.2. The summed E-state index contributed by atoms with van der Waals surface area (Å²) in [4.78, 5) is 0. The zero-order valence-electron chi connectivity index (χ0n) is 14.2. The summed E-state index contributed by atoms with van der Waals surface area (Å²) >= 11 is 0. The maximum absolute atomic E-state index is 14.0. The van der Waals surface area contributed by atoms with Gasteiger partial charge in [0.1, 0.15) is 5.82 Å². The van der Waals surface area contributed by atoms with Crippen LogP contribution in [0.15, 0.2) is 60.7 Å². The van der Waals surface area contributed by atoms with E-state index in [0.29, 0.717) is 0 Å². The molecule has 0 amide bonds. The van der Waals surface area contributed by atoms with E-state index in [1.807, 2.05) is 6.07 Å². The number of halogens is 1. The number of rotatable bonds is 0. The van der Waals surface area contributed by atoms with Gasteiger partial charge in [0.15, 0.2) is 0 Å². The van der Waals surface area contributed by atoms with Crippen LogP contribution in [0.4, 0.5) is 4.39 Å². The Morgan fingerprint density at radius 2 is 1.38 bits per heavy atom. The Kier molecular flexibility index (Phi) is 2.42. The molecular formula is C23H19F. The molecule has 5 rings (SSSR count). The van der Waals surface area contributed by atoms with Crippen molar-refractivity contribution < 1.29 is 4.39 Å². The van der Waals surface area contributed by atoms with Crippen molar-refractivity contribution in [2.75, 3.05) is 0 Å². The van der Waals surface area contributed by atoms with Crippen LogP contribution < -0.4 is 0 Å². The molecule has 0 radical (unpaired) electrons. The average Bonchev–Trinajstić information content (AvgIpc) is 2.84. The van der Waals surface area contributed by atoms with Crippen molar-refractivity contribution in [2.24, 2.45) is 0 Å². The van der Waals surface area contributed by atoms with Gasteiger partial charge in [0, 0.05) is 10.8 Å². The van der Waals surface area contributed by atoms with E-state index in [2.05, 4.69) is 63.2 Å². The Balaban J connectivity index is 2.02. The molecule has 2 aliphatic carbocycles. The van der Waals surface area contributed by atoms with E-state index in [1.165, 1.54) is 33.4 Å². The highest BCUT2D eigenvalue weighted by Crippen LogP contribution is 2.60. The lowest BCUT2D eigenvalue weighted by Gasteiger charge is -2.44. The van der Waals surface area contributed by atoms with Gasteiger partial charge in [-0.2, -0.15) is 0 Å². The summed E-state index contributed by atoms with van der Waals surface area (Å²) in [6.07, 6.45) is 0. The van der Waals surface area contributed by atoms with E-state index < -0.39 is 0 Å². The van der Waals surface area contributed by atoms with Crippen LogP contribution in [-0.4, -0.2) is 0 Å². The first-order chi connectivity index (χ1) is 11.5. The van der Waals surface area contributed by atoms with E-state index >= 15 is 0 Å². The molecule has 0 nitrogen and oxygen atoms in total. The van der Waals surface area contributed by atoms with Gasteiger partial charge in [-0.3, -0.25) is 0 Å². The minimum atomic E-state index is -0.207. The second-order valence-electron chi connectivity index (χ2n) is 7.71. The van der Waals surface area contributed by atoms with E-state index in [1.54, 1.807) is 12.1 Å². The van der Waals surface area contributed by atoms with Gasteiger partial charge >= 0.3 is 0 Å². The molecule has 0 saturated heterocycles. The van der Waals surface area contributed by atoms with Crippen molar-refractivity contribution in [2.45, 2.75) is 31.6 Å². The summed E-state index contributed by atoms with van der Waals surface area (Å²) in [7, 11) is 0. The standard InChI is InChI=1S/C23H19F/c1-22(2)18-8-4-5-9-19(18)23(3)17-12-11-14(24)13-16(17)15-7-6-10-20(22)21(15)23/h4-13H,1-3H3/t23-/m1/s1. The third kappa shape index (κ3) is 1.40. The second kappa shape index (κ2) is 4.16. The molecule has 0 heterocycles. The molecule has 0 bridgehead atoms. The Morgan fingerprint density at radius 3 is 2.17 bits per heavy atom. The largest absolute Gasteiger partial charge is 0.207 e. The SMILES string of the molecule is CC1(C)c2ccccc2[C@@]2(C)c3ccc(F)cc3-c3cccc1c32. The Bertz CT molecular complexity index is 1010. The summed E-state index contributed by atoms with van der Waals surface area (Å²) in [6, 6.07) is 20.5. The lowest BCUT2D eigenvalue weighted by Crippen LogP contribution is -2.37. The normalized spacial score (nSPS) is 21.8. The summed E-state index contributed by atoms with van der Waals surface area (Å²) in [6.45, 7) is 6.89. The predicted molar refractivity (Wildman–Crippen MR) is 96.0 cm³/mol. The minimum Gasteiger partial charge on any atom is -0.207 e. The van der Waals surface area contributed by atoms with Gasteiger partial charge in [-0.1, -0.05) is 62.4 Å². The van der Waals surface area contributed by atoms with E-state index in [4.69, 9.17) is 0 Å². The first kappa shape index (κ1) is 14.0. The van der Waals surface area contributed by atoms with Crippen molar-refractivity contribution in [3.05, 3.63) is 94.3 Å². The summed E-state index contributed by atoms with van der Waals surface area (Å²) in [5.74, 6) is -0.166. The van der Waals surface area contributed by atoms with Crippen molar-refractivity contribution >= 4 is 0 Å². The van der Waals surface area contributed by atoms with Crippen molar-refractivity contribution in [1.82, 2.24) is 0 Å². The highest BCUT2D eigenvalue weighted by atomic mass is 19.1. The van der Waals surface area contributed by atoms with Gasteiger partial charge in [0.2, 0.25) is 0 Å². The Labute approximate surface area is 142 Å². The number of fused-ring (bicyclic) bond motifs is 5. The summed E-state index contributed by atoms with van der Waals surface area (Å²) in [5.41, 5.74) is 8.62. The molecule has 0 N–H and O–H groups in total. The molecule has 118 valence electrons. The van der Waals surface area contributed by atoms with Crippen LogP contribution in [0.5, 0.6) is 0 Å². The molecule has 2 aliphatic rings. The summed E-state index contributed by atoms with van der Waals surface area (Å²) < 4.78 is 14.0. The van der Waals surface area contributed by atoms with Gasteiger partial charge < -0.3 is 0 Å². The van der Waals surface area contributed by atoms with Crippen LogP contribution in [0.3, 0.4) is 0 Å². The monoisotopic (exact) mass is 314 g/mol. The van der Waals surface area contributed by atoms with Crippen LogP contribution in [0.25, 0.3) is 11.1 Å². The smallest absolute Gasteiger partial charge is 0.123 e. The van der Waals surface area contributed by atoms with Gasteiger partial charge in [0.05, 0.1) is 0 Å². The minimum absolute atomic E-state index is 0.0535. The maximum Gasteiger partial charge on any atom is 0.123 e. The van der Waals surface area contributed by atoms with Crippen LogP contribution in [0, 0.1) is 5.82 Å². The molecule has 0 unspecified atom stereocenters. The van der Waals surface area contributed by atoms with Gasteiger partial charge in [0.25, 0.3) is 0 Å². The molecule has 0 aromatic heterocycles. The fourth-order valence-corrected chi connectivity index (χ4v) is 5.04. The van der Waals surface area contributed by atoms with E-state index in [0.717, 1.165) is 5.56 Å². The van der Waals surface area contributed by atoms with Gasteiger partial charge in [-0.15, -0.1) is 0 Å². The fraction of sp³-hybridized carbons (Fsp3) is 0.217. The molecule has 1 atom stereocenters. The molecule has 0 aliphatic heterocycles. The van der Waals surface area contributed by atoms with E-state index in [9.17, 15) is 4.39 Å². The quantitative estimate of drug-likeness (QED) is 0.492. The predicted octanol–water partition coefficient (Wildman–Crippen LogP) is 5.80. The average molecular weight is 314 g/mol. The third-order valence-electron chi connectivity index (χ3n) is 6.19. The maximum atomic E-state index is 14.0. The third-order valence-corrected chi connectivity index (χ3v) is 6.19. The number of hydrogen-bond acceptors (Lipinski definition) is 0. The molecular weight excluding hydrogens is 295 g/mol. The molecule has 3 aromatic carbocycles. The molecule has 3 aromatic rings.